The van der Waals surface area contributed by atoms with E-state index in [2.05, 4.69) is 15.6 Å². The van der Waals surface area contributed by atoms with Gasteiger partial charge in [-0.15, -0.1) is 0 Å². The smallest absolute Gasteiger partial charge is 0.417 e. The van der Waals surface area contributed by atoms with Gasteiger partial charge in [-0.1, -0.05) is 18.2 Å². The molecule has 1 aliphatic heterocycles. The maximum absolute atomic E-state index is 11.9. The number of hydrogen-bond donors (Lipinski definition) is 2. The second-order valence-corrected chi connectivity index (χ2v) is 3.81. The van der Waals surface area contributed by atoms with Gasteiger partial charge in [-0.3, -0.25) is 5.32 Å². The van der Waals surface area contributed by atoms with Gasteiger partial charge in [0.15, 0.2) is 0 Å². The fourth-order valence-electron chi connectivity index (χ4n) is 1.54. The average molecular weight is 277 g/mol. The number of nitrogens with one attached hydrogen (secondary N) is 2. The van der Waals surface area contributed by atoms with Crippen LogP contribution >= 0.6 is 0 Å². The van der Waals surface area contributed by atoms with E-state index in [9.17, 15) is 4.79 Å². The number of rotatable bonds is 3. The van der Waals surface area contributed by atoms with Crippen molar-refractivity contribution in [2.45, 2.75) is 5.97 Å². The molecule has 7 nitrogen and oxygen atoms in total. The highest BCUT2D eigenvalue weighted by molar-refractivity contribution is 5.88. The Bertz CT molecular complexity index is 530. The van der Waals surface area contributed by atoms with Gasteiger partial charge in [0.1, 0.15) is 5.75 Å². The second-order valence-electron chi connectivity index (χ2n) is 3.81. The molecule has 2 rings (SSSR count). The lowest BCUT2D eigenvalue weighted by molar-refractivity contribution is -0.0458. The maximum atomic E-state index is 11.9. The standard InChI is InChI=1S/C13H15N3O4/c1-18-11-8-9-14-13(15-11,19-2)16-12(17)20-10-6-4-3-5-7-10/h3-9,14H,1-2H3,(H,16,17). The van der Waals surface area contributed by atoms with Gasteiger partial charge in [-0.05, 0) is 12.1 Å². The molecule has 1 atom stereocenters. The molecule has 0 saturated carbocycles. The van der Waals surface area contributed by atoms with Crippen LogP contribution in [0.15, 0.2) is 47.6 Å². The van der Waals surface area contributed by atoms with Gasteiger partial charge in [0, 0.05) is 19.4 Å². The van der Waals surface area contributed by atoms with Gasteiger partial charge >= 0.3 is 12.1 Å². The molecule has 1 aliphatic rings. The number of benzene rings is 1. The molecule has 7 heteroatoms. The number of hydrogen-bond acceptors (Lipinski definition) is 6. The molecule has 0 aromatic heterocycles. The van der Waals surface area contributed by atoms with Gasteiger partial charge in [0.25, 0.3) is 0 Å². The molecule has 1 amide bonds. The number of ether oxygens (including phenoxy) is 3. The topological polar surface area (TPSA) is 81.2 Å². The van der Waals surface area contributed by atoms with Crippen LogP contribution < -0.4 is 15.4 Å². The Morgan fingerprint density at radius 3 is 2.70 bits per heavy atom. The number of methoxy groups -OCH3 is 2. The number of carbonyl (C=O) groups excluding carboxylic acids is 1. The normalized spacial score (nSPS) is 20.6. The van der Waals surface area contributed by atoms with E-state index in [-0.39, 0.29) is 0 Å². The van der Waals surface area contributed by atoms with Crippen LogP contribution in [-0.4, -0.2) is 32.2 Å². The predicted octanol–water partition coefficient (Wildman–Crippen LogP) is 1.19. The highest BCUT2D eigenvalue weighted by atomic mass is 16.6. The van der Waals surface area contributed by atoms with Crippen molar-refractivity contribution in [3.05, 3.63) is 42.6 Å². The van der Waals surface area contributed by atoms with Crippen molar-refractivity contribution in [2.75, 3.05) is 14.2 Å². The molecule has 106 valence electrons. The molecular weight excluding hydrogens is 262 g/mol. The van der Waals surface area contributed by atoms with Crippen molar-refractivity contribution in [2.24, 2.45) is 4.99 Å². The van der Waals surface area contributed by atoms with Crippen molar-refractivity contribution in [1.82, 2.24) is 10.6 Å². The van der Waals surface area contributed by atoms with E-state index in [1.165, 1.54) is 14.2 Å². The fourth-order valence-corrected chi connectivity index (χ4v) is 1.54. The number of carbonyl (C=O) groups is 1. The van der Waals surface area contributed by atoms with E-state index in [1.807, 2.05) is 6.07 Å². The molecular formula is C13H15N3O4. The third-order valence-electron chi connectivity index (χ3n) is 2.50. The first kappa shape index (κ1) is 13.9. The number of aliphatic imine (C=N–C) groups is 1. The third kappa shape index (κ3) is 3.27. The predicted molar refractivity (Wildman–Crippen MR) is 72.1 cm³/mol. The van der Waals surface area contributed by atoms with Crippen molar-refractivity contribution in [3.63, 3.8) is 0 Å². The van der Waals surface area contributed by atoms with E-state index < -0.39 is 12.1 Å². The van der Waals surface area contributed by atoms with Crippen LogP contribution in [-0.2, 0) is 9.47 Å². The molecule has 2 N–H and O–H groups in total. The Morgan fingerprint density at radius 1 is 1.30 bits per heavy atom. The molecule has 1 aromatic carbocycles. The molecule has 0 bridgehead atoms. The lowest BCUT2D eigenvalue weighted by Crippen LogP contribution is -2.59. The van der Waals surface area contributed by atoms with Crippen molar-refractivity contribution < 1.29 is 19.0 Å². The molecule has 0 fully saturated rings. The van der Waals surface area contributed by atoms with Gasteiger partial charge in [0.2, 0.25) is 5.90 Å². The Kier molecular flexibility index (Phi) is 4.21. The summed E-state index contributed by atoms with van der Waals surface area (Å²) in [6, 6.07) is 8.67. The van der Waals surface area contributed by atoms with E-state index in [0.717, 1.165) is 0 Å². The van der Waals surface area contributed by atoms with Gasteiger partial charge in [-0.2, -0.15) is 4.99 Å². The summed E-state index contributed by atoms with van der Waals surface area (Å²) in [6.45, 7) is 0. The quantitative estimate of drug-likeness (QED) is 0.811. The minimum absolute atomic E-state index is 0.311. The zero-order valence-corrected chi connectivity index (χ0v) is 11.1. The van der Waals surface area contributed by atoms with Crippen LogP contribution in [0.3, 0.4) is 0 Å². The molecule has 0 radical (unpaired) electrons. The van der Waals surface area contributed by atoms with Crippen LogP contribution in [0.25, 0.3) is 0 Å². The Hall–Kier alpha value is -2.54. The molecule has 1 unspecified atom stereocenters. The number of nitrogens with zero attached hydrogens (tertiary/aromatic N) is 1. The van der Waals surface area contributed by atoms with E-state index >= 15 is 0 Å². The number of amides is 1. The Balaban J connectivity index is 2.05. The van der Waals surface area contributed by atoms with Crippen LogP contribution in [0.4, 0.5) is 4.79 Å². The summed E-state index contributed by atoms with van der Waals surface area (Å²) in [6.07, 6.45) is 2.44. The summed E-state index contributed by atoms with van der Waals surface area (Å²) >= 11 is 0. The summed E-state index contributed by atoms with van der Waals surface area (Å²) in [4.78, 5) is 15.9. The molecule has 0 aliphatic carbocycles. The van der Waals surface area contributed by atoms with Gasteiger partial charge in [-0.25, -0.2) is 4.79 Å². The lowest BCUT2D eigenvalue weighted by atomic mass is 10.3. The highest BCUT2D eigenvalue weighted by Gasteiger charge is 2.34. The van der Waals surface area contributed by atoms with Crippen LogP contribution in [0.1, 0.15) is 0 Å². The van der Waals surface area contributed by atoms with Crippen LogP contribution in [0.2, 0.25) is 0 Å². The summed E-state index contributed by atoms with van der Waals surface area (Å²) in [5.74, 6) is -0.726. The lowest BCUT2D eigenvalue weighted by Gasteiger charge is -2.30. The number of para-hydroxylation sites is 1. The Morgan fingerprint density at radius 2 is 2.05 bits per heavy atom. The van der Waals surface area contributed by atoms with Crippen molar-refractivity contribution in [3.8, 4) is 5.75 Å². The zero-order valence-electron chi connectivity index (χ0n) is 11.1. The molecule has 20 heavy (non-hydrogen) atoms. The molecule has 1 heterocycles. The van der Waals surface area contributed by atoms with Crippen LogP contribution in [0.5, 0.6) is 5.75 Å². The first-order valence-corrected chi connectivity index (χ1v) is 5.86. The summed E-state index contributed by atoms with van der Waals surface area (Å²) in [5, 5.41) is 5.26. The van der Waals surface area contributed by atoms with Gasteiger partial charge in [0.05, 0.1) is 7.11 Å². The Labute approximate surface area is 116 Å². The molecule has 0 spiro atoms. The van der Waals surface area contributed by atoms with E-state index in [0.29, 0.717) is 11.6 Å². The molecule has 0 saturated heterocycles. The van der Waals surface area contributed by atoms with Gasteiger partial charge < -0.3 is 19.5 Å². The monoisotopic (exact) mass is 277 g/mol. The summed E-state index contributed by atoms with van der Waals surface area (Å²) in [5.41, 5.74) is 0. The second kappa shape index (κ2) is 6.07. The minimum Gasteiger partial charge on any atom is -0.481 e. The zero-order chi connectivity index (χ0) is 14.4. The highest BCUT2D eigenvalue weighted by Crippen LogP contribution is 2.12. The average Bonchev–Trinajstić information content (AvgIpc) is 2.48. The first-order valence-electron chi connectivity index (χ1n) is 5.86. The summed E-state index contributed by atoms with van der Waals surface area (Å²) in [7, 11) is 2.86. The summed E-state index contributed by atoms with van der Waals surface area (Å²) < 4.78 is 15.3. The van der Waals surface area contributed by atoms with Crippen molar-refractivity contribution >= 4 is 12.0 Å². The fraction of sp³-hybridized carbons (Fsp3) is 0.231. The minimum atomic E-state index is -1.45. The SMILES string of the molecule is COC1=NC(NC(=O)Oc2ccccc2)(OC)NC=C1. The van der Waals surface area contributed by atoms with E-state index in [1.54, 1.807) is 36.5 Å². The van der Waals surface area contributed by atoms with E-state index in [4.69, 9.17) is 14.2 Å². The molecule has 1 aromatic rings. The van der Waals surface area contributed by atoms with Crippen molar-refractivity contribution in [1.29, 1.82) is 0 Å². The van der Waals surface area contributed by atoms with Crippen LogP contribution in [0, 0.1) is 0 Å². The third-order valence-corrected chi connectivity index (χ3v) is 2.50. The first-order chi connectivity index (χ1) is 9.67. The maximum Gasteiger partial charge on any atom is 0.417 e. The largest absolute Gasteiger partial charge is 0.481 e.